The maximum Gasteiger partial charge on any atom is 0.150 e. The lowest BCUT2D eigenvalue weighted by atomic mass is 10.3. The molecule has 0 amide bonds. The van der Waals surface area contributed by atoms with E-state index >= 15 is 0 Å². The molecule has 0 unspecified atom stereocenters. The Morgan fingerprint density at radius 3 is 2.57 bits per heavy atom. The van der Waals surface area contributed by atoms with Crippen molar-refractivity contribution in [1.29, 1.82) is 0 Å². The molecule has 0 aliphatic heterocycles. The maximum absolute atomic E-state index is 5.70. The van der Waals surface area contributed by atoms with E-state index in [0.29, 0.717) is 11.0 Å². The highest BCUT2D eigenvalue weighted by Gasteiger charge is 1.96. The lowest BCUT2D eigenvalue weighted by Crippen LogP contribution is -1.93. The normalized spacial score (nSPS) is 9.79. The third-order valence-corrected chi connectivity index (χ3v) is 1.83. The first-order chi connectivity index (χ1) is 6.84. The van der Waals surface area contributed by atoms with E-state index in [2.05, 4.69) is 15.3 Å². The first-order valence-corrected chi connectivity index (χ1v) is 4.52. The molecule has 0 bridgehead atoms. The van der Waals surface area contributed by atoms with Gasteiger partial charge >= 0.3 is 0 Å². The quantitative estimate of drug-likeness (QED) is 0.819. The number of nitrogens with one attached hydrogen (secondary N) is 1. The number of para-hydroxylation sites is 1. The van der Waals surface area contributed by atoms with Crippen LogP contribution in [0, 0.1) is 0 Å². The van der Waals surface area contributed by atoms with E-state index in [1.807, 2.05) is 30.3 Å². The molecule has 1 aromatic heterocycles. The highest BCUT2D eigenvalue weighted by molar-refractivity contribution is 6.29. The monoisotopic (exact) mass is 205 g/mol. The summed E-state index contributed by atoms with van der Waals surface area (Å²) < 4.78 is 0. The summed E-state index contributed by atoms with van der Waals surface area (Å²) in [6.45, 7) is 0. The average molecular weight is 206 g/mol. The Kier molecular flexibility index (Phi) is 2.60. The molecule has 1 aromatic carbocycles. The van der Waals surface area contributed by atoms with E-state index in [9.17, 15) is 0 Å². The van der Waals surface area contributed by atoms with Crippen LogP contribution in [-0.2, 0) is 0 Å². The van der Waals surface area contributed by atoms with Gasteiger partial charge in [0.25, 0.3) is 0 Å². The number of benzene rings is 1. The molecule has 0 atom stereocenters. The molecule has 14 heavy (non-hydrogen) atoms. The highest BCUT2D eigenvalue weighted by atomic mass is 35.5. The molecule has 4 heteroatoms. The number of hydrogen-bond donors (Lipinski definition) is 1. The van der Waals surface area contributed by atoms with Crippen molar-refractivity contribution in [3.05, 3.63) is 47.9 Å². The van der Waals surface area contributed by atoms with Crippen LogP contribution in [0.25, 0.3) is 0 Å². The molecule has 0 radical (unpaired) electrons. The predicted octanol–water partition coefficient (Wildman–Crippen LogP) is 2.87. The van der Waals surface area contributed by atoms with E-state index in [1.54, 1.807) is 6.20 Å². The minimum atomic E-state index is 0.380. The van der Waals surface area contributed by atoms with Crippen molar-refractivity contribution in [2.45, 2.75) is 0 Å². The first-order valence-electron chi connectivity index (χ1n) is 4.14. The van der Waals surface area contributed by atoms with Gasteiger partial charge in [-0.1, -0.05) is 29.8 Å². The van der Waals surface area contributed by atoms with Crippen LogP contribution in [0.5, 0.6) is 0 Å². The fraction of sp³-hybridized carbons (Fsp3) is 0. The van der Waals surface area contributed by atoms with Gasteiger partial charge in [0.2, 0.25) is 0 Å². The van der Waals surface area contributed by atoms with E-state index in [1.165, 1.54) is 6.20 Å². The zero-order chi connectivity index (χ0) is 9.80. The zero-order valence-corrected chi connectivity index (χ0v) is 8.07. The third kappa shape index (κ3) is 2.20. The van der Waals surface area contributed by atoms with E-state index in [4.69, 9.17) is 11.6 Å². The largest absolute Gasteiger partial charge is 0.339 e. The van der Waals surface area contributed by atoms with Crippen LogP contribution < -0.4 is 5.32 Å². The summed E-state index contributed by atoms with van der Waals surface area (Å²) in [4.78, 5) is 7.98. The molecule has 1 N–H and O–H groups in total. The van der Waals surface area contributed by atoms with Crippen LogP contribution >= 0.6 is 11.6 Å². The van der Waals surface area contributed by atoms with Crippen molar-refractivity contribution in [2.75, 3.05) is 5.32 Å². The molecule has 2 rings (SSSR count). The zero-order valence-electron chi connectivity index (χ0n) is 7.31. The minimum Gasteiger partial charge on any atom is -0.339 e. The van der Waals surface area contributed by atoms with Crippen molar-refractivity contribution >= 4 is 23.1 Å². The molecular weight excluding hydrogens is 198 g/mol. The Labute approximate surface area is 86.8 Å². The van der Waals surface area contributed by atoms with Crippen molar-refractivity contribution < 1.29 is 0 Å². The summed E-state index contributed by atoms with van der Waals surface area (Å²) in [6.07, 6.45) is 3.12. The molecule has 0 aliphatic rings. The second kappa shape index (κ2) is 4.07. The topological polar surface area (TPSA) is 37.8 Å². The van der Waals surface area contributed by atoms with Crippen molar-refractivity contribution in [3.8, 4) is 0 Å². The summed E-state index contributed by atoms with van der Waals surface area (Å²) >= 11 is 5.70. The molecule has 2 aromatic rings. The van der Waals surface area contributed by atoms with E-state index in [0.717, 1.165) is 5.69 Å². The lowest BCUT2D eigenvalue weighted by Gasteiger charge is -2.03. The Hall–Kier alpha value is -1.61. The predicted molar refractivity (Wildman–Crippen MR) is 56.8 cm³/mol. The van der Waals surface area contributed by atoms with Gasteiger partial charge < -0.3 is 5.32 Å². The van der Waals surface area contributed by atoms with Gasteiger partial charge in [0.15, 0.2) is 5.82 Å². The Morgan fingerprint density at radius 2 is 1.86 bits per heavy atom. The van der Waals surface area contributed by atoms with Gasteiger partial charge in [-0.25, -0.2) is 4.98 Å². The maximum atomic E-state index is 5.70. The summed E-state index contributed by atoms with van der Waals surface area (Å²) in [5, 5.41) is 3.47. The number of anilines is 2. The molecule has 0 aliphatic carbocycles. The smallest absolute Gasteiger partial charge is 0.150 e. The van der Waals surface area contributed by atoms with Gasteiger partial charge in [0.05, 0.1) is 12.4 Å². The van der Waals surface area contributed by atoms with Gasteiger partial charge in [-0.15, -0.1) is 0 Å². The standard InChI is InChI=1S/C10H8ClN3/c11-9-6-12-7-10(14-9)13-8-4-2-1-3-5-8/h1-7H,(H,13,14). The van der Waals surface area contributed by atoms with Crippen LogP contribution in [0.15, 0.2) is 42.7 Å². The molecule has 1 heterocycles. The van der Waals surface area contributed by atoms with Crippen molar-refractivity contribution in [2.24, 2.45) is 0 Å². The third-order valence-electron chi connectivity index (χ3n) is 1.65. The fourth-order valence-corrected chi connectivity index (χ4v) is 1.22. The van der Waals surface area contributed by atoms with Crippen LogP contribution in [0.3, 0.4) is 0 Å². The second-order valence-electron chi connectivity index (χ2n) is 2.72. The Bertz CT molecular complexity index is 417. The minimum absolute atomic E-state index is 0.380. The Morgan fingerprint density at radius 1 is 1.07 bits per heavy atom. The van der Waals surface area contributed by atoms with Crippen LogP contribution in [-0.4, -0.2) is 9.97 Å². The van der Waals surface area contributed by atoms with Gasteiger partial charge in [0.1, 0.15) is 5.15 Å². The first kappa shape index (κ1) is 8.97. The van der Waals surface area contributed by atoms with Crippen molar-refractivity contribution in [3.63, 3.8) is 0 Å². The number of nitrogens with zero attached hydrogens (tertiary/aromatic N) is 2. The number of rotatable bonds is 2. The summed E-state index contributed by atoms with van der Waals surface area (Å²) in [7, 11) is 0. The van der Waals surface area contributed by atoms with Crippen LogP contribution in [0.1, 0.15) is 0 Å². The second-order valence-corrected chi connectivity index (χ2v) is 3.11. The van der Waals surface area contributed by atoms with Crippen molar-refractivity contribution in [1.82, 2.24) is 9.97 Å². The number of halogens is 1. The molecule has 3 nitrogen and oxygen atoms in total. The molecular formula is C10H8ClN3. The van der Waals surface area contributed by atoms with E-state index in [-0.39, 0.29) is 0 Å². The molecule has 0 spiro atoms. The van der Waals surface area contributed by atoms with Gasteiger partial charge in [-0.2, -0.15) is 0 Å². The summed E-state index contributed by atoms with van der Waals surface area (Å²) in [6, 6.07) is 9.74. The summed E-state index contributed by atoms with van der Waals surface area (Å²) in [5.74, 6) is 0.642. The fourth-order valence-electron chi connectivity index (χ4n) is 1.07. The van der Waals surface area contributed by atoms with E-state index < -0.39 is 0 Å². The molecule has 0 saturated carbocycles. The van der Waals surface area contributed by atoms with Crippen LogP contribution in [0.4, 0.5) is 11.5 Å². The average Bonchev–Trinajstić information content (AvgIpc) is 2.19. The summed E-state index contributed by atoms with van der Waals surface area (Å²) in [5.41, 5.74) is 0.962. The van der Waals surface area contributed by atoms with Gasteiger partial charge in [-0.3, -0.25) is 4.98 Å². The van der Waals surface area contributed by atoms with Crippen LogP contribution in [0.2, 0.25) is 5.15 Å². The molecule has 0 fully saturated rings. The number of hydrogen-bond acceptors (Lipinski definition) is 3. The lowest BCUT2D eigenvalue weighted by molar-refractivity contribution is 1.20. The highest BCUT2D eigenvalue weighted by Crippen LogP contribution is 2.14. The Balaban J connectivity index is 2.19. The van der Waals surface area contributed by atoms with Gasteiger partial charge in [0, 0.05) is 5.69 Å². The molecule has 70 valence electrons. The molecule has 0 saturated heterocycles. The number of aromatic nitrogens is 2. The SMILES string of the molecule is Clc1cncc(Nc2ccccc2)n1. The van der Waals surface area contributed by atoms with Gasteiger partial charge in [-0.05, 0) is 12.1 Å².